The summed E-state index contributed by atoms with van der Waals surface area (Å²) >= 11 is 0. The Balaban J connectivity index is 1.73. The normalized spacial score (nSPS) is 16.5. The molecule has 1 aliphatic rings. The summed E-state index contributed by atoms with van der Waals surface area (Å²) in [5.41, 5.74) is 0.824. The topological polar surface area (TPSA) is 69.1 Å². The van der Waals surface area contributed by atoms with E-state index >= 15 is 0 Å². The summed E-state index contributed by atoms with van der Waals surface area (Å²) in [6.07, 6.45) is -1.04. The maximum atomic E-state index is 12.5. The molecular weight excluding hydrogens is 397 g/mol. The minimum absolute atomic E-state index is 0.204. The molecule has 1 aromatic rings. The van der Waals surface area contributed by atoms with Gasteiger partial charge in [-0.15, -0.1) is 0 Å². The van der Waals surface area contributed by atoms with E-state index in [2.05, 4.69) is 15.6 Å². The van der Waals surface area contributed by atoms with Crippen LogP contribution in [0.25, 0.3) is 0 Å². The molecule has 6 nitrogen and oxygen atoms in total. The lowest BCUT2D eigenvalue weighted by molar-refractivity contribution is -0.148. The number of phenols is 1. The van der Waals surface area contributed by atoms with Gasteiger partial charge in [-0.3, -0.25) is 9.89 Å². The lowest BCUT2D eigenvalue weighted by atomic mass is 9.93. The molecule has 0 radical (unpaired) electrons. The van der Waals surface area contributed by atoms with Crippen molar-refractivity contribution in [1.29, 1.82) is 0 Å². The van der Waals surface area contributed by atoms with Gasteiger partial charge >= 0.3 is 6.18 Å². The molecule has 0 aliphatic carbocycles. The first-order valence-corrected chi connectivity index (χ1v) is 10.5. The number of piperidine rings is 1. The Morgan fingerprint density at radius 3 is 2.60 bits per heavy atom. The van der Waals surface area contributed by atoms with Crippen LogP contribution in [0.5, 0.6) is 11.5 Å². The molecule has 0 unspecified atom stereocenters. The number of methoxy groups -OCH3 is 1. The van der Waals surface area contributed by atoms with E-state index in [0.29, 0.717) is 50.2 Å². The molecule has 30 heavy (non-hydrogen) atoms. The Morgan fingerprint density at radius 1 is 1.27 bits per heavy atom. The molecule has 3 N–H and O–H groups in total. The van der Waals surface area contributed by atoms with Gasteiger partial charge < -0.3 is 20.5 Å². The number of benzene rings is 1. The zero-order valence-corrected chi connectivity index (χ0v) is 17.8. The van der Waals surface area contributed by atoms with E-state index in [9.17, 15) is 18.3 Å². The van der Waals surface area contributed by atoms with Crippen molar-refractivity contribution in [2.75, 3.05) is 46.4 Å². The maximum absolute atomic E-state index is 12.5. The second kappa shape index (κ2) is 11.9. The van der Waals surface area contributed by atoms with Gasteiger partial charge in [-0.1, -0.05) is 6.07 Å². The third-order valence-corrected chi connectivity index (χ3v) is 5.24. The zero-order chi connectivity index (χ0) is 22.0. The Kier molecular flexibility index (Phi) is 9.55. The van der Waals surface area contributed by atoms with Crippen LogP contribution in [0.3, 0.4) is 0 Å². The van der Waals surface area contributed by atoms with E-state index in [1.54, 1.807) is 13.2 Å². The summed E-state index contributed by atoms with van der Waals surface area (Å²) in [4.78, 5) is 6.07. The minimum atomic E-state index is -4.12. The van der Waals surface area contributed by atoms with Gasteiger partial charge in [0.1, 0.15) is 11.5 Å². The monoisotopic (exact) mass is 430 g/mol. The van der Waals surface area contributed by atoms with Crippen molar-refractivity contribution in [2.24, 2.45) is 10.9 Å². The number of nitrogens with one attached hydrogen (secondary N) is 2. The Labute approximate surface area is 176 Å². The first-order valence-electron chi connectivity index (χ1n) is 10.5. The van der Waals surface area contributed by atoms with Gasteiger partial charge in [0, 0.05) is 25.7 Å². The van der Waals surface area contributed by atoms with E-state index < -0.39 is 12.7 Å². The SMILES string of the molecule is CCNC(=NCCC1CCN(CC(F)(F)F)CC1)NCCc1ccc(OC)cc1O. The highest BCUT2D eigenvalue weighted by Crippen LogP contribution is 2.25. The number of aliphatic imine (C=N–C) groups is 1. The Bertz CT molecular complexity index is 675. The summed E-state index contributed by atoms with van der Waals surface area (Å²) < 4.78 is 42.5. The minimum Gasteiger partial charge on any atom is -0.508 e. The molecule has 1 aliphatic heterocycles. The van der Waals surface area contributed by atoms with E-state index in [1.165, 1.54) is 4.90 Å². The van der Waals surface area contributed by atoms with Crippen molar-refractivity contribution < 1.29 is 23.0 Å². The summed E-state index contributed by atoms with van der Waals surface area (Å²) in [5.74, 6) is 1.94. The zero-order valence-electron chi connectivity index (χ0n) is 17.8. The Hall–Kier alpha value is -2.16. The van der Waals surface area contributed by atoms with Gasteiger partial charge in [0.2, 0.25) is 0 Å². The second-order valence-corrected chi connectivity index (χ2v) is 7.56. The predicted molar refractivity (Wildman–Crippen MR) is 112 cm³/mol. The van der Waals surface area contributed by atoms with Crippen molar-refractivity contribution >= 4 is 5.96 Å². The van der Waals surface area contributed by atoms with Crippen molar-refractivity contribution in [3.8, 4) is 11.5 Å². The molecule has 2 rings (SSSR count). The Morgan fingerprint density at radius 2 is 2.00 bits per heavy atom. The van der Waals surface area contributed by atoms with E-state index in [-0.39, 0.29) is 5.75 Å². The van der Waals surface area contributed by atoms with Crippen molar-refractivity contribution in [3.63, 3.8) is 0 Å². The number of ether oxygens (including phenoxy) is 1. The van der Waals surface area contributed by atoms with Crippen molar-refractivity contribution in [1.82, 2.24) is 15.5 Å². The standard InChI is InChI=1S/C21H33F3N4O2/c1-3-25-20(27-11-7-17-4-5-18(30-2)14-19(17)29)26-10-6-16-8-12-28(13-9-16)15-21(22,23)24/h4-5,14,16,29H,3,6-13,15H2,1-2H3,(H2,25,26,27). The first-order chi connectivity index (χ1) is 14.3. The largest absolute Gasteiger partial charge is 0.508 e. The average Bonchev–Trinajstić information content (AvgIpc) is 2.69. The highest BCUT2D eigenvalue weighted by atomic mass is 19.4. The first kappa shape index (κ1) is 24.1. The lowest BCUT2D eigenvalue weighted by Gasteiger charge is -2.32. The van der Waals surface area contributed by atoms with Crippen LogP contribution in [-0.2, 0) is 6.42 Å². The summed E-state index contributed by atoms with van der Waals surface area (Å²) in [5, 5.41) is 16.5. The fourth-order valence-electron chi connectivity index (χ4n) is 3.59. The van der Waals surface area contributed by atoms with Crippen LogP contribution < -0.4 is 15.4 Å². The van der Waals surface area contributed by atoms with Crippen LogP contribution in [-0.4, -0.2) is 68.5 Å². The number of hydrogen-bond acceptors (Lipinski definition) is 4. The number of alkyl halides is 3. The molecule has 0 aromatic heterocycles. The van der Waals surface area contributed by atoms with E-state index in [4.69, 9.17) is 4.74 Å². The molecule has 0 amide bonds. The quantitative estimate of drug-likeness (QED) is 0.415. The number of guanidine groups is 1. The lowest BCUT2D eigenvalue weighted by Crippen LogP contribution is -2.40. The van der Waals surface area contributed by atoms with Crippen molar-refractivity contribution in [3.05, 3.63) is 23.8 Å². The number of nitrogens with zero attached hydrogens (tertiary/aromatic N) is 2. The molecule has 0 saturated carbocycles. The molecule has 0 bridgehead atoms. The number of aromatic hydroxyl groups is 1. The maximum Gasteiger partial charge on any atom is 0.401 e. The van der Waals surface area contributed by atoms with Crippen LogP contribution in [0.4, 0.5) is 13.2 Å². The number of hydrogen-bond donors (Lipinski definition) is 3. The predicted octanol–water partition coefficient (Wildman–Crippen LogP) is 3.16. The van der Waals surface area contributed by atoms with Crippen LogP contribution in [0.1, 0.15) is 31.7 Å². The average molecular weight is 431 g/mol. The van der Waals surface area contributed by atoms with Gasteiger partial charge in [0.05, 0.1) is 13.7 Å². The molecule has 170 valence electrons. The summed E-state index contributed by atoms with van der Waals surface area (Å²) in [6, 6.07) is 5.24. The molecule has 9 heteroatoms. The third-order valence-electron chi connectivity index (χ3n) is 5.24. The van der Waals surface area contributed by atoms with Gasteiger partial charge in [-0.2, -0.15) is 13.2 Å². The number of phenolic OH excluding ortho intramolecular Hbond substituents is 1. The number of halogens is 3. The van der Waals surface area contributed by atoms with Gasteiger partial charge in [0.25, 0.3) is 0 Å². The molecule has 1 fully saturated rings. The van der Waals surface area contributed by atoms with Crippen LogP contribution in [0, 0.1) is 5.92 Å². The van der Waals surface area contributed by atoms with Gasteiger partial charge in [-0.05, 0) is 63.2 Å². The number of likely N-dealkylation sites (tertiary alicyclic amines) is 1. The smallest absolute Gasteiger partial charge is 0.401 e. The third kappa shape index (κ3) is 8.69. The molecule has 0 atom stereocenters. The molecule has 1 heterocycles. The fraction of sp³-hybridized carbons (Fsp3) is 0.667. The summed E-state index contributed by atoms with van der Waals surface area (Å²) in [7, 11) is 1.56. The highest BCUT2D eigenvalue weighted by Gasteiger charge is 2.32. The summed E-state index contributed by atoms with van der Waals surface area (Å²) in [6.45, 7) is 4.15. The fourth-order valence-corrected chi connectivity index (χ4v) is 3.59. The second-order valence-electron chi connectivity index (χ2n) is 7.56. The van der Waals surface area contributed by atoms with Gasteiger partial charge in [-0.25, -0.2) is 0 Å². The van der Waals surface area contributed by atoms with Crippen LogP contribution >= 0.6 is 0 Å². The van der Waals surface area contributed by atoms with Crippen LogP contribution in [0.2, 0.25) is 0 Å². The van der Waals surface area contributed by atoms with Gasteiger partial charge in [0.15, 0.2) is 5.96 Å². The van der Waals surface area contributed by atoms with Crippen molar-refractivity contribution in [2.45, 2.75) is 38.8 Å². The van der Waals surface area contributed by atoms with E-state index in [1.807, 2.05) is 19.1 Å². The van der Waals surface area contributed by atoms with Crippen LogP contribution in [0.15, 0.2) is 23.2 Å². The van der Waals surface area contributed by atoms with E-state index in [0.717, 1.165) is 31.4 Å². The molecule has 1 aromatic carbocycles. The molecule has 1 saturated heterocycles. The molecular formula is C21H33F3N4O2. The number of rotatable bonds is 9. The highest BCUT2D eigenvalue weighted by molar-refractivity contribution is 5.79. The molecule has 0 spiro atoms.